The van der Waals surface area contributed by atoms with E-state index in [4.69, 9.17) is 0 Å². The average Bonchev–Trinajstić information content (AvgIpc) is 2.69. The fourth-order valence-corrected chi connectivity index (χ4v) is 2.96. The van der Waals surface area contributed by atoms with Crippen LogP contribution in [0.25, 0.3) is 0 Å². The van der Waals surface area contributed by atoms with Crippen molar-refractivity contribution in [1.82, 2.24) is 10.3 Å². The normalized spacial score (nSPS) is 28.5. The molecule has 1 fully saturated rings. The molecule has 1 saturated carbocycles. The highest BCUT2D eigenvalue weighted by Gasteiger charge is 2.30. The summed E-state index contributed by atoms with van der Waals surface area (Å²) in [6.45, 7) is 7.69. The Bertz CT molecular complexity index is 344. The molecule has 17 heavy (non-hydrogen) atoms. The van der Waals surface area contributed by atoms with Crippen LogP contribution in [0, 0.1) is 18.8 Å². The fraction of sp³-hybridized carbons (Fsp3) is 0.667. The molecule has 2 nitrogen and oxygen atoms in total. The van der Waals surface area contributed by atoms with Crippen LogP contribution in [0.4, 0.5) is 0 Å². The number of aromatic nitrogens is 1. The van der Waals surface area contributed by atoms with Crippen LogP contribution >= 0.6 is 0 Å². The highest BCUT2D eigenvalue weighted by molar-refractivity contribution is 5.13. The van der Waals surface area contributed by atoms with Gasteiger partial charge in [-0.2, -0.15) is 0 Å². The highest BCUT2D eigenvalue weighted by atomic mass is 14.9. The molecule has 2 rings (SSSR count). The lowest BCUT2D eigenvalue weighted by Gasteiger charge is -2.21. The number of nitrogens with zero attached hydrogens (tertiary/aromatic N) is 1. The molecule has 1 N–H and O–H groups in total. The summed E-state index contributed by atoms with van der Waals surface area (Å²) in [4.78, 5) is 4.33. The van der Waals surface area contributed by atoms with Crippen molar-refractivity contribution in [3.05, 3.63) is 29.6 Å². The molecule has 0 bridgehead atoms. The minimum atomic E-state index is 0.696. The molecule has 3 atom stereocenters. The topological polar surface area (TPSA) is 24.9 Å². The Labute approximate surface area is 105 Å². The van der Waals surface area contributed by atoms with Gasteiger partial charge in [0.1, 0.15) is 0 Å². The maximum Gasteiger partial charge on any atom is 0.0372 e. The quantitative estimate of drug-likeness (QED) is 0.861. The van der Waals surface area contributed by atoms with Gasteiger partial charge in [-0.05, 0) is 43.2 Å². The molecular formula is C15H24N2. The number of rotatable bonds is 4. The third-order valence-corrected chi connectivity index (χ3v) is 4.29. The van der Waals surface area contributed by atoms with Crippen molar-refractivity contribution in [1.29, 1.82) is 0 Å². The van der Waals surface area contributed by atoms with Crippen LogP contribution < -0.4 is 5.32 Å². The van der Waals surface area contributed by atoms with E-state index in [0.717, 1.165) is 24.1 Å². The van der Waals surface area contributed by atoms with E-state index in [0.29, 0.717) is 6.04 Å². The van der Waals surface area contributed by atoms with E-state index in [2.05, 4.69) is 36.3 Å². The molecule has 0 aliphatic heterocycles. The lowest BCUT2D eigenvalue weighted by atomic mass is 9.93. The second-order valence-corrected chi connectivity index (χ2v) is 5.40. The third-order valence-electron chi connectivity index (χ3n) is 4.29. The largest absolute Gasteiger partial charge is 0.310 e. The second kappa shape index (κ2) is 5.63. The highest BCUT2D eigenvalue weighted by Crippen LogP contribution is 2.33. The van der Waals surface area contributed by atoms with Crippen LogP contribution in [0.5, 0.6) is 0 Å². The van der Waals surface area contributed by atoms with Crippen molar-refractivity contribution >= 4 is 0 Å². The van der Waals surface area contributed by atoms with E-state index in [1.165, 1.54) is 24.8 Å². The molecule has 0 saturated heterocycles. The predicted octanol–water partition coefficient (Wildman–Crippen LogP) is 3.30. The van der Waals surface area contributed by atoms with Crippen LogP contribution in [0.15, 0.2) is 18.3 Å². The van der Waals surface area contributed by atoms with Crippen LogP contribution in [0.1, 0.15) is 44.4 Å². The van der Waals surface area contributed by atoms with Crippen molar-refractivity contribution in [2.45, 2.75) is 52.6 Å². The van der Waals surface area contributed by atoms with E-state index in [9.17, 15) is 0 Å². The van der Waals surface area contributed by atoms with Crippen molar-refractivity contribution < 1.29 is 0 Å². The summed E-state index contributed by atoms with van der Waals surface area (Å²) in [6.07, 6.45) is 6.03. The molecule has 1 aliphatic carbocycles. The number of pyridine rings is 1. The van der Waals surface area contributed by atoms with Gasteiger partial charge in [-0.15, -0.1) is 0 Å². The molecule has 0 aromatic carbocycles. The van der Waals surface area contributed by atoms with Gasteiger partial charge in [0.25, 0.3) is 0 Å². The Morgan fingerprint density at radius 2 is 2.18 bits per heavy atom. The van der Waals surface area contributed by atoms with E-state index in [1.807, 2.05) is 13.1 Å². The van der Waals surface area contributed by atoms with E-state index in [-0.39, 0.29) is 0 Å². The Kier molecular flexibility index (Phi) is 4.16. The third kappa shape index (κ3) is 3.06. The molecule has 94 valence electrons. The first kappa shape index (κ1) is 12.6. The molecule has 0 spiro atoms. The maximum atomic E-state index is 4.33. The monoisotopic (exact) mass is 232 g/mol. The lowest BCUT2D eigenvalue weighted by molar-refractivity contribution is 0.344. The Hall–Kier alpha value is -0.890. The van der Waals surface area contributed by atoms with E-state index < -0.39 is 0 Å². The van der Waals surface area contributed by atoms with Crippen LogP contribution in [-0.4, -0.2) is 11.0 Å². The molecule has 0 radical (unpaired) electrons. The molecule has 1 aliphatic rings. The first-order chi connectivity index (χ1) is 8.20. The van der Waals surface area contributed by atoms with Gasteiger partial charge in [-0.25, -0.2) is 0 Å². The van der Waals surface area contributed by atoms with Crippen LogP contribution in [0.3, 0.4) is 0 Å². The summed E-state index contributed by atoms with van der Waals surface area (Å²) < 4.78 is 0. The molecule has 3 unspecified atom stereocenters. The molecule has 1 heterocycles. The Balaban J connectivity index is 1.84. The van der Waals surface area contributed by atoms with Gasteiger partial charge in [0.2, 0.25) is 0 Å². The number of aryl methyl sites for hydroxylation is 1. The maximum absolute atomic E-state index is 4.33. The number of nitrogens with one attached hydrogen (secondary N) is 1. The first-order valence-corrected chi connectivity index (χ1v) is 6.85. The fourth-order valence-electron chi connectivity index (χ4n) is 2.96. The summed E-state index contributed by atoms with van der Waals surface area (Å²) in [5, 5.41) is 3.69. The summed E-state index contributed by atoms with van der Waals surface area (Å²) >= 11 is 0. The smallest absolute Gasteiger partial charge is 0.0372 e. The van der Waals surface area contributed by atoms with Crippen LogP contribution in [-0.2, 0) is 6.54 Å². The van der Waals surface area contributed by atoms with E-state index >= 15 is 0 Å². The van der Waals surface area contributed by atoms with Gasteiger partial charge < -0.3 is 5.32 Å². The summed E-state index contributed by atoms with van der Waals surface area (Å²) in [5.41, 5.74) is 2.39. The molecule has 1 aromatic heterocycles. The van der Waals surface area contributed by atoms with Gasteiger partial charge >= 0.3 is 0 Å². The molecule has 1 aromatic rings. The van der Waals surface area contributed by atoms with Crippen molar-refractivity contribution in [3.8, 4) is 0 Å². The SMILES string of the molecule is CCC1CCC(NCc2ccc(C)nc2)C1C. The molecular weight excluding hydrogens is 208 g/mol. The summed E-state index contributed by atoms with van der Waals surface area (Å²) in [5.74, 6) is 1.74. The predicted molar refractivity (Wildman–Crippen MR) is 71.8 cm³/mol. The Morgan fingerprint density at radius 3 is 2.76 bits per heavy atom. The zero-order valence-electron chi connectivity index (χ0n) is 11.2. The van der Waals surface area contributed by atoms with Gasteiger partial charge in [-0.3, -0.25) is 4.98 Å². The number of hydrogen-bond acceptors (Lipinski definition) is 2. The number of hydrogen-bond donors (Lipinski definition) is 1. The van der Waals surface area contributed by atoms with Crippen LogP contribution in [0.2, 0.25) is 0 Å². The van der Waals surface area contributed by atoms with Crippen molar-refractivity contribution in [2.24, 2.45) is 11.8 Å². The zero-order chi connectivity index (χ0) is 12.3. The molecule has 2 heteroatoms. The standard InChI is InChI=1S/C15H24N2/c1-4-14-7-8-15(12(14)3)17-10-13-6-5-11(2)16-9-13/h5-6,9,12,14-15,17H,4,7-8,10H2,1-3H3. The van der Waals surface area contributed by atoms with E-state index in [1.54, 1.807) is 0 Å². The minimum absolute atomic E-state index is 0.696. The summed E-state index contributed by atoms with van der Waals surface area (Å²) in [7, 11) is 0. The van der Waals surface area contributed by atoms with Gasteiger partial charge in [0, 0.05) is 24.5 Å². The van der Waals surface area contributed by atoms with Gasteiger partial charge in [0.15, 0.2) is 0 Å². The summed E-state index contributed by atoms with van der Waals surface area (Å²) in [6, 6.07) is 4.96. The van der Waals surface area contributed by atoms with Crippen molar-refractivity contribution in [3.63, 3.8) is 0 Å². The molecule has 0 amide bonds. The minimum Gasteiger partial charge on any atom is -0.310 e. The van der Waals surface area contributed by atoms with Crippen molar-refractivity contribution in [2.75, 3.05) is 0 Å². The second-order valence-electron chi connectivity index (χ2n) is 5.40. The zero-order valence-corrected chi connectivity index (χ0v) is 11.2. The average molecular weight is 232 g/mol. The first-order valence-electron chi connectivity index (χ1n) is 6.85. The lowest BCUT2D eigenvalue weighted by Crippen LogP contribution is -2.32. The Morgan fingerprint density at radius 1 is 1.35 bits per heavy atom. The van der Waals surface area contributed by atoms with Gasteiger partial charge in [0.05, 0.1) is 0 Å². The van der Waals surface area contributed by atoms with Gasteiger partial charge in [-0.1, -0.05) is 26.3 Å².